The first kappa shape index (κ1) is 18.9. The number of esters is 1. The maximum Gasteiger partial charge on any atom is 0.338 e. The minimum atomic E-state index is -0.389. The lowest BCUT2D eigenvalue weighted by atomic mass is 10.2. The number of para-hydroxylation sites is 1. The summed E-state index contributed by atoms with van der Waals surface area (Å²) in [6.45, 7) is 2.07. The van der Waals surface area contributed by atoms with Crippen molar-refractivity contribution >= 4 is 51.4 Å². The van der Waals surface area contributed by atoms with Gasteiger partial charge in [0, 0.05) is 11.1 Å². The van der Waals surface area contributed by atoms with Crippen LogP contribution in [0.2, 0.25) is 0 Å². The first-order chi connectivity index (χ1) is 14.2. The summed E-state index contributed by atoms with van der Waals surface area (Å²) in [6.07, 6.45) is 1.47. The number of thioether (sulfide) groups is 1. The molecular weight excluding hydrogens is 390 g/mol. The molecule has 4 rings (SSSR count). The summed E-state index contributed by atoms with van der Waals surface area (Å²) in [7, 11) is 0. The van der Waals surface area contributed by atoms with Gasteiger partial charge in [-0.15, -0.1) is 0 Å². The number of benzene rings is 2. The molecule has 2 heterocycles. The lowest BCUT2D eigenvalue weighted by molar-refractivity contribution is -0.113. The molecule has 4 aromatic rings. The van der Waals surface area contributed by atoms with Crippen molar-refractivity contribution in [3.8, 4) is 0 Å². The van der Waals surface area contributed by atoms with Gasteiger partial charge >= 0.3 is 5.97 Å². The van der Waals surface area contributed by atoms with Crippen molar-refractivity contribution in [3.63, 3.8) is 0 Å². The van der Waals surface area contributed by atoms with E-state index in [9.17, 15) is 9.59 Å². The Morgan fingerprint density at radius 3 is 2.69 bits per heavy atom. The molecule has 1 N–H and O–H groups in total. The minimum Gasteiger partial charge on any atom is -0.462 e. The van der Waals surface area contributed by atoms with Gasteiger partial charge in [0.25, 0.3) is 0 Å². The molecule has 0 aliphatic carbocycles. The number of nitrogens with zero attached hydrogens (tertiary/aromatic N) is 2. The molecule has 29 heavy (non-hydrogen) atoms. The third kappa shape index (κ3) is 4.07. The largest absolute Gasteiger partial charge is 0.462 e. The third-order valence-electron chi connectivity index (χ3n) is 4.15. The highest BCUT2D eigenvalue weighted by molar-refractivity contribution is 8.00. The van der Waals surface area contributed by atoms with Crippen LogP contribution in [-0.2, 0) is 9.53 Å². The van der Waals surface area contributed by atoms with Gasteiger partial charge in [0.1, 0.15) is 22.5 Å². The number of amides is 1. The van der Waals surface area contributed by atoms with Crippen molar-refractivity contribution < 1.29 is 18.7 Å². The summed E-state index contributed by atoms with van der Waals surface area (Å²) in [4.78, 5) is 32.6. The van der Waals surface area contributed by atoms with Gasteiger partial charge in [-0.25, -0.2) is 14.8 Å². The van der Waals surface area contributed by atoms with E-state index in [-0.39, 0.29) is 17.6 Å². The predicted molar refractivity (Wildman–Crippen MR) is 111 cm³/mol. The van der Waals surface area contributed by atoms with Crippen molar-refractivity contribution in [2.75, 3.05) is 17.7 Å². The van der Waals surface area contributed by atoms with Crippen LogP contribution in [0.3, 0.4) is 0 Å². The first-order valence-electron chi connectivity index (χ1n) is 8.98. The highest BCUT2D eigenvalue weighted by Crippen LogP contribution is 2.32. The molecule has 0 radical (unpaired) electrons. The number of fused-ring (bicyclic) bond motifs is 3. The maximum atomic E-state index is 12.3. The maximum absolute atomic E-state index is 12.3. The summed E-state index contributed by atoms with van der Waals surface area (Å²) in [5.74, 6) is -0.427. The molecule has 2 aromatic heterocycles. The van der Waals surface area contributed by atoms with Crippen molar-refractivity contribution in [1.82, 2.24) is 9.97 Å². The van der Waals surface area contributed by atoms with E-state index in [0.717, 1.165) is 16.5 Å². The molecular formula is C21H17N3O4S. The van der Waals surface area contributed by atoms with Gasteiger partial charge < -0.3 is 14.5 Å². The molecule has 0 unspecified atom stereocenters. The van der Waals surface area contributed by atoms with Gasteiger partial charge in [-0.2, -0.15) is 0 Å². The summed E-state index contributed by atoms with van der Waals surface area (Å²) < 4.78 is 10.8. The minimum absolute atomic E-state index is 0.156. The second kappa shape index (κ2) is 8.32. The van der Waals surface area contributed by atoms with Crippen LogP contribution in [0.5, 0.6) is 0 Å². The summed E-state index contributed by atoms with van der Waals surface area (Å²) in [5, 5.41) is 4.32. The molecule has 146 valence electrons. The van der Waals surface area contributed by atoms with Crippen LogP contribution in [0.4, 0.5) is 5.69 Å². The average Bonchev–Trinajstić information content (AvgIpc) is 3.12. The molecule has 1 amide bonds. The molecule has 0 aliphatic heterocycles. The molecule has 0 aliphatic rings. The Bertz CT molecular complexity index is 1190. The molecule has 0 saturated carbocycles. The molecule has 8 heteroatoms. The molecule has 0 fully saturated rings. The fourth-order valence-corrected chi connectivity index (χ4v) is 3.57. The Balaban J connectivity index is 1.43. The van der Waals surface area contributed by atoms with Gasteiger partial charge in [0.2, 0.25) is 5.91 Å². The van der Waals surface area contributed by atoms with E-state index in [1.165, 1.54) is 18.1 Å². The number of rotatable bonds is 6. The highest BCUT2D eigenvalue weighted by atomic mass is 32.2. The average molecular weight is 407 g/mol. The fraction of sp³-hybridized carbons (Fsp3) is 0.143. The second-order valence-corrected chi connectivity index (χ2v) is 7.05. The van der Waals surface area contributed by atoms with Gasteiger partial charge in [-0.1, -0.05) is 23.9 Å². The molecule has 0 spiro atoms. The molecule has 7 nitrogen and oxygen atoms in total. The van der Waals surface area contributed by atoms with E-state index < -0.39 is 0 Å². The summed E-state index contributed by atoms with van der Waals surface area (Å²) in [5.41, 5.74) is 3.07. The number of hydrogen-bond acceptors (Lipinski definition) is 7. The topological polar surface area (TPSA) is 94.3 Å². The van der Waals surface area contributed by atoms with Crippen LogP contribution in [0.25, 0.3) is 22.1 Å². The Morgan fingerprint density at radius 1 is 1.10 bits per heavy atom. The number of aromatic nitrogens is 2. The van der Waals surface area contributed by atoms with Gasteiger partial charge in [0.05, 0.1) is 17.9 Å². The van der Waals surface area contributed by atoms with Crippen LogP contribution >= 0.6 is 11.8 Å². The number of carbonyl (C=O) groups excluding carboxylic acids is 2. The number of furan rings is 1. The lowest BCUT2D eigenvalue weighted by Gasteiger charge is -2.06. The van der Waals surface area contributed by atoms with Crippen LogP contribution < -0.4 is 5.32 Å². The normalized spacial score (nSPS) is 10.9. The standard InChI is InChI=1S/C21H17N3O4S/c1-2-27-21(26)13-7-9-14(10-8-13)24-17(25)11-29-20-19-18(22-12-23-20)15-5-3-4-6-16(15)28-19/h3-10,12H,2,11H2,1H3,(H,24,25). The van der Waals surface area contributed by atoms with Crippen molar-refractivity contribution in [2.45, 2.75) is 11.9 Å². The Labute approximate surface area is 170 Å². The van der Waals surface area contributed by atoms with Crippen molar-refractivity contribution in [3.05, 3.63) is 60.4 Å². The third-order valence-corrected chi connectivity index (χ3v) is 5.12. The molecule has 2 aromatic carbocycles. The zero-order chi connectivity index (χ0) is 20.2. The van der Waals surface area contributed by atoms with E-state index in [4.69, 9.17) is 9.15 Å². The molecule has 0 atom stereocenters. The SMILES string of the molecule is CCOC(=O)c1ccc(NC(=O)CSc2ncnc3c2oc2ccccc23)cc1. The van der Waals surface area contributed by atoms with Crippen molar-refractivity contribution in [2.24, 2.45) is 0 Å². The highest BCUT2D eigenvalue weighted by Gasteiger charge is 2.14. The zero-order valence-corrected chi connectivity index (χ0v) is 16.4. The number of anilines is 1. The Morgan fingerprint density at radius 2 is 1.90 bits per heavy atom. The lowest BCUT2D eigenvalue weighted by Crippen LogP contribution is -2.14. The van der Waals surface area contributed by atoms with Gasteiger partial charge in [-0.05, 0) is 43.3 Å². The van der Waals surface area contributed by atoms with Gasteiger partial charge in [-0.3, -0.25) is 4.79 Å². The summed E-state index contributed by atoms with van der Waals surface area (Å²) in [6, 6.07) is 14.2. The van der Waals surface area contributed by atoms with Crippen molar-refractivity contribution in [1.29, 1.82) is 0 Å². The fourth-order valence-electron chi connectivity index (χ4n) is 2.84. The smallest absolute Gasteiger partial charge is 0.338 e. The Kier molecular flexibility index (Phi) is 5.44. The monoisotopic (exact) mass is 407 g/mol. The number of carbonyl (C=O) groups is 2. The van der Waals surface area contributed by atoms with E-state index in [1.807, 2.05) is 24.3 Å². The van der Waals surface area contributed by atoms with Crippen LogP contribution in [-0.4, -0.2) is 34.2 Å². The Hall–Kier alpha value is -3.39. The first-order valence-corrected chi connectivity index (χ1v) is 9.96. The van der Waals surface area contributed by atoms with Crippen LogP contribution in [0.15, 0.2) is 64.3 Å². The number of hydrogen-bond donors (Lipinski definition) is 1. The number of nitrogens with one attached hydrogen (secondary N) is 1. The van der Waals surface area contributed by atoms with Gasteiger partial charge in [0.15, 0.2) is 5.58 Å². The molecule has 0 bridgehead atoms. The molecule has 0 saturated heterocycles. The predicted octanol–water partition coefficient (Wildman–Crippen LogP) is 4.28. The number of ether oxygens (including phenoxy) is 1. The van der Waals surface area contributed by atoms with Crippen LogP contribution in [0, 0.1) is 0 Å². The van der Waals surface area contributed by atoms with E-state index in [2.05, 4.69) is 15.3 Å². The van der Waals surface area contributed by atoms with E-state index in [0.29, 0.717) is 28.5 Å². The second-order valence-electron chi connectivity index (χ2n) is 6.09. The van der Waals surface area contributed by atoms with E-state index in [1.54, 1.807) is 31.2 Å². The van der Waals surface area contributed by atoms with E-state index >= 15 is 0 Å². The van der Waals surface area contributed by atoms with Crippen LogP contribution in [0.1, 0.15) is 17.3 Å². The quantitative estimate of drug-likeness (QED) is 0.289. The summed E-state index contributed by atoms with van der Waals surface area (Å²) >= 11 is 1.28. The zero-order valence-electron chi connectivity index (χ0n) is 15.5.